The zero-order valence-electron chi connectivity index (χ0n) is 16.2. The second-order valence-corrected chi connectivity index (χ2v) is 7.77. The highest BCUT2D eigenvalue weighted by molar-refractivity contribution is 5.70. The van der Waals surface area contributed by atoms with Gasteiger partial charge in [0.05, 0.1) is 24.1 Å². The van der Waals surface area contributed by atoms with Crippen molar-refractivity contribution in [2.24, 2.45) is 0 Å². The van der Waals surface area contributed by atoms with Crippen molar-refractivity contribution in [1.82, 2.24) is 4.90 Å². The molecule has 1 heterocycles. The van der Waals surface area contributed by atoms with Gasteiger partial charge in [-0.1, -0.05) is 6.07 Å². The summed E-state index contributed by atoms with van der Waals surface area (Å²) < 4.78 is 19.6. The van der Waals surface area contributed by atoms with Crippen LogP contribution < -0.4 is 10.6 Å². The number of likely N-dealkylation sites (tertiary alicyclic amines) is 1. The molecule has 0 saturated carbocycles. The first-order chi connectivity index (χ1) is 12.7. The maximum absolute atomic E-state index is 14.2. The first kappa shape index (κ1) is 21.2. The quantitative estimate of drug-likeness (QED) is 0.603. The fourth-order valence-corrected chi connectivity index (χ4v) is 2.86. The molecular weight excluding hydrogens is 353 g/mol. The molecule has 1 aliphatic rings. The minimum atomic E-state index is -0.963. The number of aliphatic hydroxyl groups excluding tert-OH is 2. The van der Waals surface area contributed by atoms with Crippen LogP contribution >= 0.6 is 0 Å². The van der Waals surface area contributed by atoms with Crippen molar-refractivity contribution in [3.8, 4) is 0 Å². The van der Waals surface area contributed by atoms with E-state index in [1.807, 2.05) is 20.8 Å². The van der Waals surface area contributed by atoms with Gasteiger partial charge in [-0.05, 0) is 45.7 Å². The van der Waals surface area contributed by atoms with Crippen LogP contribution in [0.1, 0.15) is 33.6 Å². The van der Waals surface area contributed by atoms with E-state index in [9.17, 15) is 14.3 Å². The molecule has 0 aliphatic carbocycles. The Morgan fingerprint density at radius 2 is 2.04 bits per heavy atom. The number of piperidine rings is 1. The van der Waals surface area contributed by atoms with Crippen LogP contribution in [0.3, 0.4) is 0 Å². The highest BCUT2D eigenvalue weighted by atomic mass is 19.1. The summed E-state index contributed by atoms with van der Waals surface area (Å²) >= 11 is 0. The Labute approximate surface area is 159 Å². The smallest absolute Gasteiger partial charge is 0.410 e. The Morgan fingerprint density at radius 1 is 1.37 bits per heavy atom. The maximum Gasteiger partial charge on any atom is 0.410 e. The number of hydrogen-bond donors (Lipinski definition) is 4. The summed E-state index contributed by atoms with van der Waals surface area (Å²) in [4.78, 5) is 13.8. The van der Waals surface area contributed by atoms with Gasteiger partial charge in [-0.3, -0.25) is 0 Å². The molecule has 27 heavy (non-hydrogen) atoms. The number of nitrogens with one attached hydrogen (secondary N) is 2. The average Bonchev–Trinajstić information content (AvgIpc) is 2.60. The lowest BCUT2D eigenvalue weighted by molar-refractivity contribution is 0.0210. The van der Waals surface area contributed by atoms with Crippen molar-refractivity contribution >= 4 is 17.5 Å². The van der Waals surface area contributed by atoms with Crippen molar-refractivity contribution < 1.29 is 24.1 Å². The number of rotatable bonds is 6. The molecule has 1 atom stereocenters. The third-order valence-electron chi connectivity index (χ3n) is 4.25. The summed E-state index contributed by atoms with van der Waals surface area (Å²) in [6.07, 6.45) is 0.157. The number of carbonyl (C=O) groups is 1. The van der Waals surface area contributed by atoms with Crippen molar-refractivity contribution in [1.29, 1.82) is 0 Å². The van der Waals surface area contributed by atoms with Crippen LogP contribution in [-0.4, -0.2) is 65.2 Å². The van der Waals surface area contributed by atoms with Crippen molar-refractivity contribution in [3.05, 3.63) is 24.0 Å². The van der Waals surface area contributed by atoms with Crippen LogP contribution in [0.4, 0.5) is 20.6 Å². The Bertz CT molecular complexity index is 628. The molecule has 7 nitrogen and oxygen atoms in total. The van der Waals surface area contributed by atoms with Crippen molar-refractivity contribution in [2.45, 2.75) is 51.4 Å². The van der Waals surface area contributed by atoms with Gasteiger partial charge < -0.3 is 30.5 Å². The highest BCUT2D eigenvalue weighted by Gasteiger charge is 2.27. The Kier molecular flexibility index (Phi) is 7.26. The Morgan fingerprint density at radius 3 is 2.63 bits per heavy atom. The van der Waals surface area contributed by atoms with Gasteiger partial charge >= 0.3 is 6.09 Å². The second-order valence-electron chi connectivity index (χ2n) is 7.77. The molecule has 1 aromatic carbocycles. The summed E-state index contributed by atoms with van der Waals surface area (Å²) in [6.45, 7) is 6.29. The third-order valence-corrected chi connectivity index (χ3v) is 4.25. The second kappa shape index (κ2) is 9.23. The molecule has 1 saturated heterocycles. The molecule has 8 heteroatoms. The number of carbonyl (C=O) groups excluding carboxylic acids is 1. The number of ether oxygens (including phenoxy) is 1. The number of anilines is 2. The van der Waals surface area contributed by atoms with Gasteiger partial charge in [0.1, 0.15) is 11.4 Å². The number of amides is 1. The summed E-state index contributed by atoms with van der Waals surface area (Å²) in [6, 6.07) is 4.80. The lowest BCUT2D eigenvalue weighted by Gasteiger charge is -2.34. The third kappa shape index (κ3) is 6.55. The Hall–Kier alpha value is -2.06. The summed E-state index contributed by atoms with van der Waals surface area (Å²) in [7, 11) is 0. The number of halogens is 1. The van der Waals surface area contributed by atoms with Crippen molar-refractivity contribution in [3.63, 3.8) is 0 Å². The fraction of sp³-hybridized carbons (Fsp3) is 0.632. The van der Waals surface area contributed by atoms with E-state index >= 15 is 0 Å². The van der Waals surface area contributed by atoms with Gasteiger partial charge in [0.2, 0.25) is 0 Å². The molecule has 1 aromatic rings. The highest BCUT2D eigenvalue weighted by Crippen LogP contribution is 2.27. The monoisotopic (exact) mass is 383 g/mol. The van der Waals surface area contributed by atoms with E-state index in [-0.39, 0.29) is 24.4 Å². The molecule has 0 spiro atoms. The van der Waals surface area contributed by atoms with E-state index < -0.39 is 24.1 Å². The minimum Gasteiger partial charge on any atom is -0.444 e. The van der Waals surface area contributed by atoms with Gasteiger partial charge in [-0.25, -0.2) is 9.18 Å². The number of aliphatic hydroxyl groups is 2. The minimum absolute atomic E-state index is 0.0448. The summed E-state index contributed by atoms with van der Waals surface area (Å²) in [5.41, 5.74) is 0.336. The average molecular weight is 383 g/mol. The van der Waals surface area contributed by atoms with E-state index in [0.29, 0.717) is 31.6 Å². The first-order valence-electron chi connectivity index (χ1n) is 9.25. The zero-order valence-corrected chi connectivity index (χ0v) is 16.2. The predicted molar refractivity (Wildman–Crippen MR) is 102 cm³/mol. The van der Waals surface area contributed by atoms with Crippen LogP contribution in [0.5, 0.6) is 0 Å². The number of hydrogen-bond acceptors (Lipinski definition) is 6. The standard InChI is InChI=1S/C19H30FN3O4/c1-19(2,3)27-18(26)23-9-7-13(8-10-23)22-16-6-4-5-15(20)17(16)21-11-14(25)12-24/h4-6,13-14,21-22,24-25H,7-12H2,1-3H3. The topological polar surface area (TPSA) is 94.1 Å². The maximum atomic E-state index is 14.2. The van der Waals surface area contributed by atoms with E-state index in [1.54, 1.807) is 17.0 Å². The van der Waals surface area contributed by atoms with Crippen LogP contribution in [0.15, 0.2) is 18.2 Å². The molecule has 1 fully saturated rings. The molecule has 1 amide bonds. The molecule has 1 aliphatic heterocycles. The summed E-state index contributed by atoms with van der Waals surface area (Å²) in [5, 5.41) is 24.5. The normalized spacial score (nSPS) is 16.7. The Balaban J connectivity index is 1.93. The molecule has 0 radical (unpaired) electrons. The SMILES string of the molecule is CC(C)(C)OC(=O)N1CCC(Nc2cccc(F)c2NCC(O)CO)CC1. The lowest BCUT2D eigenvalue weighted by Crippen LogP contribution is -2.44. The van der Waals surface area contributed by atoms with Gasteiger partial charge in [-0.15, -0.1) is 0 Å². The molecule has 2 rings (SSSR count). The van der Waals surface area contributed by atoms with Crippen molar-refractivity contribution in [2.75, 3.05) is 36.9 Å². The molecule has 0 bridgehead atoms. The van der Waals surface area contributed by atoms with E-state index in [1.165, 1.54) is 6.07 Å². The number of benzene rings is 1. The predicted octanol–water partition coefficient (Wildman–Crippen LogP) is 2.40. The lowest BCUT2D eigenvalue weighted by atomic mass is 10.0. The van der Waals surface area contributed by atoms with E-state index in [0.717, 1.165) is 0 Å². The van der Waals surface area contributed by atoms with Crippen LogP contribution in [0, 0.1) is 5.82 Å². The first-order valence-corrected chi connectivity index (χ1v) is 9.25. The fourth-order valence-electron chi connectivity index (χ4n) is 2.86. The van der Waals surface area contributed by atoms with E-state index in [4.69, 9.17) is 9.84 Å². The van der Waals surface area contributed by atoms with Gasteiger partial charge in [0, 0.05) is 25.7 Å². The molecular formula is C19H30FN3O4. The molecule has 4 N–H and O–H groups in total. The van der Waals surface area contributed by atoms with Crippen LogP contribution in [-0.2, 0) is 4.74 Å². The molecule has 152 valence electrons. The van der Waals surface area contributed by atoms with Crippen LogP contribution in [0.2, 0.25) is 0 Å². The van der Waals surface area contributed by atoms with Gasteiger partial charge in [0.15, 0.2) is 0 Å². The van der Waals surface area contributed by atoms with Gasteiger partial charge in [0.25, 0.3) is 0 Å². The largest absolute Gasteiger partial charge is 0.444 e. The molecule has 0 aromatic heterocycles. The van der Waals surface area contributed by atoms with Gasteiger partial charge in [-0.2, -0.15) is 0 Å². The number of para-hydroxylation sites is 1. The van der Waals surface area contributed by atoms with E-state index in [2.05, 4.69) is 10.6 Å². The number of nitrogens with zero attached hydrogens (tertiary/aromatic N) is 1. The molecule has 1 unspecified atom stereocenters. The van der Waals surface area contributed by atoms with Crippen LogP contribution in [0.25, 0.3) is 0 Å². The zero-order chi connectivity index (χ0) is 20.0. The summed E-state index contributed by atoms with van der Waals surface area (Å²) in [5.74, 6) is -0.434.